The standard InChI is InChI=1S/C22H22N4O2/c1-17(27)18-6-5-7-20(14-18)24-22(28)19(15-23)16-25-10-12-26(13-11-25)21-8-3-2-4-9-21/h2-9,14,16H,10-13H2,1H3,(H,24,28)/b19-16-. The van der Waals surface area contributed by atoms with Crippen molar-refractivity contribution in [2.45, 2.75) is 6.92 Å². The molecule has 2 aromatic rings. The Kier molecular flexibility index (Phi) is 6.07. The lowest BCUT2D eigenvalue weighted by Crippen LogP contribution is -2.44. The SMILES string of the molecule is CC(=O)c1cccc(NC(=O)/C(C#N)=C\N2CCN(c3ccccc3)CC2)c1. The van der Waals surface area contributed by atoms with E-state index < -0.39 is 5.91 Å². The molecule has 3 rings (SSSR count). The maximum atomic E-state index is 12.5. The van der Waals surface area contributed by atoms with Gasteiger partial charge in [0.1, 0.15) is 11.6 Å². The largest absolute Gasteiger partial charge is 0.373 e. The van der Waals surface area contributed by atoms with Gasteiger partial charge in [0.15, 0.2) is 5.78 Å². The summed E-state index contributed by atoms with van der Waals surface area (Å²) in [6, 6.07) is 18.8. The van der Waals surface area contributed by atoms with E-state index in [1.807, 2.05) is 29.2 Å². The zero-order valence-corrected chi connectivity index (χ0v) is 15.8. The van der Waals surface area contributed by atoms with Crippen molar-refractivity contribution >= 4 is 23.1 Å². The van der Waals surface area contributed by atoms with Gasteiger partial charge in [0.05, 0.1) is 0 Å². The van der Waals surface area contributed by atoms with Crippen LogP contribution in [0.25, 0.3) is 0 Å². The number of amides is 1. The van der Waals surface area contributed by atoms with Gasteiger partial charge in [-0.25, -0.2) is 0 Å². The van der Waals surface area contributed by atoms with Gasteiger partial charge in [0.25, 0.3) is 5.91 Å². The van der Waals surface area contributed by atoms with Gasteiger partial charge in [-0.15, -0.1) is 0 Å². The molecule has 0 aromatic heterocycles. The Morgan fingerprint density at radius 3 is 2.39 bits per heavy atom. The summed E-state index contributed by atoms with van der Waals surface area (Å²) < 4.78 is 0. The number of ketones is 1. The van der Waals surface area contributed by atoms with E-state index in [1.54, 1.807) is 30.5 Å². The first kappa shape index (κ1) is 19.2. The molecule has 1 saturated heterocycles. The van der Waals surface area contributed by atoms with Gasteiger partial charge >= 0.3 is 0 Å². The predicted molar refractivity (Wildman–Crippen MR) is 109 cm³/mol. The second kappa shape index (κ2) is 8.87. The summed E-state index contributed by atoms with van der Waals surface area (Å²) in [5.41, 5.74) is 2.22. The van der Waals surface area contributed by atoms with E-state index in [-0.39, 0.29) is 11.4 Å². The van der Waals surface area contributed by atoms with E-state index in [0.29, 0.717) is 11.3 Å². The lowest BCUT2D eigenvalue weighted by atomic mass is 10.1. The average Bonchev–Trinajstić information content (AvgIpc) is 2.73. The molecule has 1 heterocycles. The van der Waals surface area contributed by atoms with Crippen molar-refractivity contribution < 1.29 is 9.59 Å². The normalized spacial score (nSPS) is 14.4. The Morgan fingerprint density at radius 1 is 1.04 bits per heavy atom. The Morgan fingerprint density at radius 2 is 1.75 bits per heavy atom. The first-order valence-electron chi connectivity index (χ1n) is 9.15. The van der Waals surface area contributed by atoms with Crippen molar-refractivity contribution in [1.82, 2.24) is 4.90 Å². The number of Topliss-reactive ketones (excluding diaryl/α,β-unsaturated/α-hetero) is 1. The van der Waals surface area contributed by atoms with Crippen LogP contribution in [0.2, 0.25) is 0 Å². The molecule has 0 spiro atoms. The fraction of sp³-hybridized carbons (Fsp3) is 0.227. The van der Waals surface area contributed by atoms with Crippen LogP contribution in [-0.2, 0) is 4.79 Å². The fourth-order valence-corrected chi connectivity index (χ4v) is 3.08. The number of nitrogens with zero attached hydrogens (tertiary/aromatic N) is 3. The smallest absolute Gasteiger partial charge is 0.267 e. The number of benzene rings is 2. The molecular formula is C22H22N4O2. The third kappa shape index (κ3) is 4.77. The quantitative estimate of drug-likeness (QED) is 0.494. The van der Waals surface area contributed by atoms with Crippen LogP contribution in [0.15, 0.2) is 66.4 Å². The monoisotopic (exact) mass is 374 g/mol. The minimum absolute atomic E-state index is 0.0430. The molecule has 1 fully saturated rings. The molecule has 1 aliphatic rings. The van der Waals surface area contributed by atoms with Gasteiger partial charge < -0.3 is 15.1 Å². The van der Waals surface area contributed by atoms with Crippen LogP contribution >= 0.6 is 0 Å². The molecule has 0 saturated carbocycles. The molecule has 1 amide bonds. The van der Waals surface area contributed by atoms with E-state index in [4.69, 9.17) is 0 Å². The maximum absolute atomic E-state index is 12.5. The number of hydrogen-bond acceptors (Lipinski definition) is 5. The van der Waals surface area contributed by atoms with Gasteiger partial charge in [0.2, 0.25) is 0 Å². The van der Waals surface area contributed by atoms with E-state index in [9.17, 15) is 14.9 Å². The van der Waals surface area contributed by atoms with Crippen molar-refractivity contribution in [3.8, 4) is 6.07 Å². The molecule has 1 N–H and O–H groups in total. The Labute approximate surface area is 164 Å². The van der Waals surface area contributed by atoms with Gasteiger partial charge in [-0.05, 0) is 31.2 Å². The molecule has 1 aliphatic heterocycles. The summed E-state index contributed by atoms with van der Waals surface area (Å²) in [6.45, 7) is 4.57. The van der Waals surface area contributed by atoms with E-state index in [1.165, 1.54) is 12.6 Å². The fourth-order valence-electron chi connectivity index (χ4n) is 3.08. The van der Waals surface area contributed by atoms with Crippen molar-refractivity contribution in [3.05, 3.63) is 71.9 Å². The van der Waals surface area contributed by atoms with E-state index in [0.717, 1.165) is 26.2 Å². The number of carbonyl (C=O) groups is 2. The molecule has 6 nitrogen and oxygen atoms in total. The molecule has 6 heteroatoms. The van der Waals surface area contributed by atoms with Gasteiger partial charge in [0, 0.05) is 49.3 Å². The van der Waals surface area contributed by atoms with Gasteiger partial charge in [-0.2, -0.15) is 5.26 Å². The highest BCUT2D eigenvalue weighted by Crippen LogP contribution is 2.17. The summed E-state index contributed by atoms with van der Waals surface area (Å²) in [7, 11) is 0. The number of nitrogens with one attached hydrogen (secondary N) is 1. The minimum Gasteiger partial charge on any atom is -0.373 e. The Balaban J connectivity index is 1.62. The molecule has 0 aliphatic carbocycles. The summed E-state index contributed by atoms with van der Waals surface area (Å²) in [5, 5.41) is 12.1. The molecule has 0 atom stereocenters. The zero-order valence-electron chi connectivity index (χ0n) is 15.8. The van der Waals surface area contributed by atoms with Crippen LogP contribution in [0, 0.1) is 11.3 Å². The van der Waals surface area contributed by atoms with Crippen LogP contribution in [0.3, 0.4) is 0 Å². The number of nitriles is 1. The highest BCUT2D eigenvalue weighted by molar-refractivity contribution is 6.07. The number of rotatable bonds is 5. The number of piperazine rings is 1. The van der Waals surface area contributed by atoms with Crippen LogP contribution in [0.4, 0.5) is 11.4 Å². The zero-order chi connectivity index (χ0) is 19.9. The number of para-hydroxylation sites is 1. The lowest BCUT2D eigenvalue weighted by Gasteiger charge is -2.35. The summed E-state index contributed by atoms with van der Waals surface area (Å²) in [6.07, 6.45) is 1.62. The third-order valence-electron chi connectivity index (χ3n) is 4.64. The Bertz CT molecular complexity index is 923. The average molecular weight is 374 g/mol. The van der Waals surface area contributed by atoms with E-state index in [2.05, 4.69) is 22.3 Å². The number of carbonyl (C=O) groups excluding carboxylic acids is 2. The number of hydrogen-bond donors (Lipinski definition) is 1. The molecular weight excluding hydrogens is 352 g/mol. The van der Waals surface area contributed by atoms with Crippen LogP contribution < -0.4 is 10.2 Å². The van der Waals surface area contributed by atoms with Gasteiger partial charge in [-0.1, -0.05) is 30.3 Å². The highest BCUT2D eigenvalue weighted by atomic mass is 16.1. The van der Waals surface area contributed by atoms with Crippen LogP contribution in [0.5, 0.6) is 0 Å². The van der Waals surface area contributed by atoms with E-state index >= 15 is 0 Å². The number of anilines is 2. The summed E-state index contributed by atoms with van der Waals surface area (Å²) >= 11 is 0. The molecule has 0 radical (unpaired) electrons. The molecule has 0 unspecified atom stereocenters. The van der Waals surface area contributed by atoms with Gasteiger partial charge in [-0.3, -0.25) is 9.59 Å². The lowest BCUT2D eigenvalue weighted by molar-refractivity contribution is -0.112. The molecule has 28 heavy (non-hydrogen) atoms. The maximum Gasteiger partial charge on any atom is 0.267 e. The summed E-state index contributed by atoms with van der Waals surface area (Å²) in [5.74, 6) is -0.558. The topological polar surface area (TPSA) is 76.4 Å². The highest BCUT2D eigenvalue weighted by Gasteiger charge is 2.17. The molecule has 2 aromatic carbocycles. The van der Waals surface area contributed by atoms with Crippen LogP contribution in [0.1, 0.15) is 17.3 Å². The van der Waals surface area contributed by atoms with Crippen molar-refractivity contribution in [2.24, 2.45) is 0 Å². The minimum atomic E-state index is -0.478. The third-order valence-corrected chi connectivity index (χ3v) is 4.64. The second-order valence-electron chi connectivity index (χ2n) is 6.60. The van der Waals surface area contributed by atoms with Crippen LogP contribution in [-0.4, -0.2) is 42.8 Å². The second-order valence-corrected chi connectivity index (χ2v) is 6.60. The van der Waals surface area contributed by atoms with Crippen molar-refractivity contribution in [1.29, 1.82) is 5.26 Å². The first-order valence-corrected chi connectivity index (χ1v) is 9.15. The summed E-state index contributed by atoms with van der Waals surface area (Å²) in [4.78, 5) is 28.2. The Hall–Kier alpha value is -3.59. The first-order chi connectivity index (χ1) is 13.6. The molecule has 0 bridgehead atoms. The predicted octanol–water partition coefficient (Wildman–Crippen LogP) is 3.06. The van der Waals surface area contributed by atoms with Crippen molar-refractivity contribution in [3.63, 3.8) is 0 Å². The molecule has 142 valence electrons. The van der Waals surface area contributed by atoms with Crippen molar-refractivity contribution in [2.75, 3.05) is 36.4 Å².